The molecule has 0 heterocycles. The highest BCUT2D eigenvalue weighted by Gasteiger charge is 2.03. The van der Waals surface area contributed by atoms with Crippen LogP contribution in [0.4, 0.5) is 5.69 Å². The SMILES string of the molecule is COc1ccc(NCC(=O)NCc2ccccc2C)cc1. The normalized spacial score (nSPS) is 10.0. The van der Waals surface area contributed by atoms with Gasteiger partial charge in [-0.2, -0.15) is 0 Å². The summed E-state index contributed by atoms with van der Waals surface area (Å²) in [5, 5.41) is 5.99. The van der Waals surface area contributed by atoms with Crippen molar-refractivity contribution in [3.8, 4) is 5.75 Å². The standard InChI is InChI=1S/C17H20N2O2/c1-13-5-3-4-6-14(13)11-19-17(20)12-18-15-7-9-16(21-2)10-8-15/h3-10,18H,11-12H2,1-2H3,(H,19,20). The fourth-order valence-electron chi connectivity index (χ4n) is 1.96. The molecule has 2 aromatic rings. The van der Waals surface area contributed by atoms with Crippen molar-refractivity contribution in [2.45, 2.75) is 13.5 Å². The smallest absolute Gasteiger partial charge is 0.239 e. The maximum absolute atomic E-state index is 11.8. The number of anilines is 1. The molecule has 0 saturated carbocycles. The van der Waals surface area contributed by atoms with E-state index in [4.69, 9.17) is 4.74 Å². The molecule has 0 aliphatic heterocycles. The van der Waals surface area contributed by atoms with Crippen molar-refractivity contribution in [3.63, 3.8) is 0 Å². The summed E-state index contributed by atoms with van der Waals surface area (Å²) >= 11 is 0. The van der Waals surface area contributed by atoms with E-state index in [1.54, 1.807) is 7.11 Å². The van der Waals surface area contributed by atoms with Gasteiger partial charge in [-0.15, -0.1) is 0 Å². The van der Waals surface area contributed by atoms with Crippen LogP contribution in [0.25, 0.3) is 0 Å². The minimum Gasteiger partial charge on any atom is -0.497 e. The first-order chi connectivity index (χ1) is 10.2. The van der Waals surface area contributed by atoms with E-state index >= 15 is 0 Å². The zero-order valence-corrected chi connectivity index (χ0v) is 12.3. The van der Waals surface area contributed by atoms with Gasteiger partial charge in [-0.05, 0) is 42.3 Å². The quantitative estimate of drug-likeness (QED) is 0.857. The van der Waals surface area contributed by atoms with Crippen molar-refractivity contribution in [2.24, 2.45) is 0 Å². The predicted octanol–water partition coefficient (Wildman–Crippen LogP) is 2.73. The topological polar surface area (TPSA) is 50.4 Å². The van der Waals surface area contributed by atoms with E-state index in [1.807, 2.05) is 55.5 Å². The molecule has 0 aromatic heterocycles. The molecule has 0 bridgehead atoms. The third kappa shape index (κ3) is 4.53. The van der Waals surface area contributed by atoms with Crippen LogP contribution in [0.2, 0.25) is 0 Å². The molecule has 110 valence electrons. The van der Waals surface area contributed by atoms with Gasteiger partial charge in [-0.1, -0.05) is 24.3 Å². The lowest BCUT2D eigenvalue weighted by molar-refractivity contribution is -0.119. The van der Waals surface area contributed by atoms with Gasteiger partial charge >= 0.3 is 0 Å². The van der Waals surface area contributed by atoms with Crippen LogP contribution in [0.1, 0.15) is 11.1 Å². The largest absolute Gasteiger partial charge is 0.497 e. The number of carbonyl (C=O) groups excluding carboxylic acids is 1. The number of ether oxygens (including phenoxy) is 1. The Balaban J connectivity index is 1.78. The highest BCUT2D eigenvalue weighted by molar-refractivity contribution is 5.80. The van der Waals surface area contributed by atoms with E-state index in [9.17, 15) is 4.79 Å². The first kappa shape index (κ1) is 14.9. The van der Waals surface area contributed by atoms with Crippen LogP contribution in [0, 0.1) is 6.92 Å². The van der Waals surface area contributed by atoms with Gasteiger partial charge in [0.15, 0.2) is 0 Å². The molecule has 4 nitrogen and oxygen atoms in total. The third-order valence-corrected chi connectivity index (χ3v) is 3.28. The summed E-state index contributed by atoms with van der Waals surface area (Å²) in [5.74, 6) is 0.763. The monoisotopic (exact) mass is 284 g/mol. The lowest BCUT2D eigenvalue weighted by atomic mass is 10.1. The van der Waals surface area contributed by atoms with E-state index in [2.05, 4.69) is 10.6 Å². The molecule has 0 aliphatic rings. The lowest BCUT2D eigenvalue weighted by Crippen LogP contribution is -2.29. The number of methoxy groups -OCH3 is 1. The molecule has 0 unspecified atom stereocenters. The summed E-state index contributed by atoms with van der Waals surface area (Å²) in [6, 6.07) is 15.5. The fourth-order valence-corrected chi connectivity index (χ4v) is 1.96. The zero-order valence-electron chi connectivity index (χ0n) is 12.3. The second kappa shape index (κ2) is 7.33. The third-order valence-electron chi connectivity index (χ3n) is 3.28. The molecule has 2 rings (SSSR count). The first-order valence-corrected chi connectivity index (χ1v) is 6.88. The van der Waals surface area contributed by atoms with Gasteiger partial charge in [-0.25, -0.2) is 0 Å². The van der Waals surface area contributed by atoms with Crippen LogP contribution in [-0.4, -0.2) is 19.6 Å². The van der Waals surface area contributed by atoms with Gasteiger partial charge < -0.3 is 15.4 Å². The number of hydrogen-bond acceptors (Lipinski definition) is 3. The summed E-state index contributed by atoms with van der Waals surface area (Å²) in [5.41, 5.74) is 3.21. The highest BCUT2D eigenvalue weighted by Crippen LogP contribution is 2.14. The fraction of sp³-hybridized carbons (Fsp3) is 0.235. The van der Waals surface area contributed by atoms with E-state index < -0.39 is 0 Å². The summed E-state index contributed by atoms with van der Waals surface area (Å²) in [4.78, 5) is 11.8. The number of benzene rings is 2. The number of rotatable bonds is 6. The Kier molecular flexibility index (Phi) is 5.21. The lowest BCUT2D eigenvalue weighted by Gasteiger charge is -2.09. The Morgan fingerprint density at radius 1 is 1.10 bits per heavy atom. The number of nitrogens with one attached hydrogen (secondary N) is 2. The number of amides is 1. The van der Waals surface area contributed by atoms with Crippen molar-refractivity contribution >= 4 is 11.6 Å². The molecular formula is C17H20N2O2. The zero-order chi connectivity index (χ0) is 15.1. The van der Waals surface area contributed by atoms with Crippen molar-refractivity contribution in [1.29, 1.82) is 0 Å². The Labute approximate surface area is 125 Å². The van der Waals surface area contributed by atoms with Gasteiger partial charge in [0.05, 0.1) is 13.7 Å². The molecule has 2 N–H and O–H groups in total. The molecule has 0 atom stereocenters. The summed E-state index contributed by atoms with van der Waals surface area (Å²) in [6.45, 7) is 2.84. The van der Waals surface area contributed by atoms with Crippen LogP contribution in [0.3, 0.4) is 0 Å². The van der Waals surface area contributed by atoms with Crippen LogP contribution in [0.15, 0.2) is 48.5 Å². The summed E-state index contributed by atoms with van der Waals surface area (Å²) in [6.07, 6.45) is 0. The predicted molar refractivity (Wildman–Crippen MR) is 84.5 cm³/mol. The molecule has 0 fully saturated rings. The Bertz CT molecular complexity index is 594. The number of aryl methyl sites for hydroxylation is 1. The highest BCUT2D eigenvalue weighted by atomic mass is 16.5. The van der Waals surface area contributed by atoms with Crippen LogP contribution in [0.5, 0.6) is 5.75 Å². The van der Waals surface area contributed by atoms with E-state index in [1.165, 1.54) is 5.56 Å². The van der Waals surface area contributed by atoms with Crippen molar-refractivity contribution in [3.05, 3.63) is 59.7 Å². The molecule has 0 aliphatic carbocycles. The van der Waals surface area contributed by atoms with Crippen LogP contribution < -0.4 is 15.4 Å². The molecule has 0 saturated heterocycles. The number of carbonyl (C=O) groups is 1. The van der Waals surface area contributed by atoms with Gasteiger partial charge in [0.2, 0.25) is 5.91 Å². The molecule has 1 amide bonds. The summed E-state index contributed by atoms with van der Waals surface area (Å²) in [7, 11) is 1.63. The van der Waals surface area contributed by atoms with Crippen LogP contribution >= 0.6 is 0 Å². The van der Waals surface area contributed by atoms with Crippen molar-refractivity contribution in [1.82, 2.24) is 5.32 Å². The van der Waals surface area contributed by atoms with E-state index in [0.717, 1.165) is 17.0 Å². The summed E-state index contributed by atoms with van der Waals surface area (Å²) < 4.78 is 5.09. The average molecular weight is 284 g/mol. The Hall–Kier alpha value is -2.49. The number of hydrogen-bond donors (Lipinski definition) is 2. The Morgan fingerprint density at radius 2 is 1.81 bits per heavy atom. The molecule has 21 heavy (non-hydrogen) atoms. The van der Waals surface area contributed by atoms with E-state index in [-0.39, 0.29) is 12.5 Å². The molecule has 0 spiro atoms. The molecule has 0 radical (unpaired) electrons. The maximum atomic E-state index is 11.8. The average Bonchev–Trinajstić information content (AvgIpc) is 2.52. The second-order valence-corrected chi connectivity index (χ2v) is 4.79. The van der Waals surface area contributed by atoms with E-state index in [0.29, 0.717) is 6.54 Å². The van der Waals surface area contributed by atoms with Crippen molar-refractivity contribution < 1.29 is 9.53 Å². The second-order valence-electron chi connectivity index (χ2n) is 4.79. The van der Waals surface area contributed by atoms with Gasteiger partial charge in [0.1, 0.15) is 5.75 Å². The maximum Gasteiger partial charge on any atom is 0.239 e. The first-order valence-electron chi connectivity index (χ1n) is 6.88. The van der Waals surface area contributed by atoms with Gasteiger partial charge in [-0.3, -0.25) is 4.79 Å². The minimum atomic E-state index is -0.0333. The van der Waals surface area contributed by atoms with Gasteiger partial charge in [0.25, 0.3) is 0 Å². The van der Waals surface area contributed by atoms with Crippen LogP contribution in [-0.2, 0) is 11.3 Å². The molecule has 2 aromatic carbocycles. The van der Waals surface area contributed by atoms with Gasteiger partial charge in [0, 0.05) is 12.2 Å². The Morgan fingerprint density at radius 3 is 2.48 bits per heavy atom. The molecule has 4 heteroatoms. The molecular weight excluding hydrogens is 264 g/mol. The van der Waals surface area contributed by atoms with Crippen molar-refractivity contribution in [2.75, 3.05) is 19.0 Å². The minimum absolute atomic E-state index is 0.0333.